The van der Waals surface area contributed by atoms with Gasteiger partial charge in [0.1, 0.15) is 5.75 Å². The molecule has 1 fully saturated rings. The van der Waals surface area contributed by atoms with Crippen molar-refractivity contribution in [3.8, 4) is 5.75 Å². The van der Waals surface area contributed by atoms with Crippen LogP contribution in [-0.4, -0.2) is 35.5 Å². The van der Waals surface area contributed by atoms with Crippen LogP contribution < -0.4 is 4.74 Å². The number of rotatable bonds is 5. The highest BCUT2D eigenvalue weighted by atomic mass is 16.6. The first-order chi connectivity index (χ1) is 9.06. The summed E-state index contributed by atoms with van der Waals surface area (Å²) in [6.07, 6.45) is -0.0520. The molecule has 0 aromatic heterocycles. The van der Waals surface area contributed by atoms with Crippen LogP contribution in [0.15, 0.2) is 24.3 Å². The van der Waals surface area contributed by atoms with E-state index >= 15 is 0 Å². The van der Waals surface area contributed by atoms with E-state index in [9.17, 15) is 14.4 Å². The number of Topliss-reactive ketones (excluding diaryl/α,β-unsaturated/α-hetero) is 1. The van der Waals surface area contributed by atoms with E-state index in [1.165, 1.54) is 24.3 Å². The van der Waals surface area contributed by atoms with Crippen LogP contribution in [0.5, 0.6) is 5.75 Å². The Morgan fingerprint density at radius 3 is 2.53 bits per heavy atom. The van der Waals surface area contributed by atoms with Crippen molar-refractivity contribution in [2.45, 2.75) is 18.9 Å². The first kappa shape index (κ1) is 13.1. The van der Waals surface area contributed by atoms with Gasteiger partial charge in [-0.3, -0.25) is 9.59 Å². The highest BCUT2D eigenvalue weighted by Crippen LogP contribution is 2.20. The average Bonchev–Trinajstić information content (AvgIpc) is 2.83. The van der Waals surface area contributed by atoms with Crippen LogP contribution in [0.2, 0.25) is 0 Å². The zero-order valence-corrected chi connectivity index (χ0v) is 10.00. The Labute approximate surface area is 108 Å². The number of carbonyl (C=O) groups is 3. The van der Waals surface area contributed by atoms with Gasteiger partial charge >= 0.3 is 11.9 Å². The van der Waals surface area contributed by atoms with Gasteiger partial charge < -0.3 is 14.6 Å². The zero-order chi connectivity index (χ0) is 13.8. The number of aliphatic carboxylic acids is 1. The van der Waals surface area contributed by atoms with Gasteiger partial charge in [0.2, 0.25) is 5.78 Å². The number of esters is 1. The molecular formula is C13H12O6. The lowest BCUT2D eigenvalue weighted by Gasteiger charge is -2.08. The number of carboxylic acids is 1. The number of hydrogen-bond donors (Lipinski definition) is 1. The molecule has 1 N–H and O–H groups in total. The quantitative estimate of drug-likeness (QED) is 0.631. The van der Waals surface area contributed by atoms with E-state index in [1.807, 2.05) is 0 Å². The minimum absolute atomic E-state index is 0.254. The second-order valence-corrected chi connectivity index (χ2v) is 4.09. The lowest BCUT2D eigenvalue weighted by atomic mass is 10.0. The molecule has 1 atom stereocenters. The molecule has 0 spiro atoms. The van der Waals surface area contributed by atoms with Crippen LogP contribution in [0.25, 0.3) is 0 Å². The summed E-state index contributed by atoms with van der Waals surface area (Å²) in [6.45, 7) is -0.437. The van der Waals surface area contributed by atoms with Crippen molar-refractivity contribution in [1.29, 1.82) is 0 Å². The minimum atomic E-state index is -1.07. The first-order valence-electron chi connectivity index (χ1n) is 5.74. The molecule has 1 heterocycles. The maximum Gasteiger partial charge on any atom is 0.341 e. The van der Waals surface area contributed by atoms with Crippen molar-refractivity contribution < 1.29 is 29.0 Å². The van der Waals surface area contributed by atoms with Crippen LogP contribution in [0.1, 0.15) is 23.2 Å². The summed E-state index contributed by atoms with van der Waals surface area (Å²) < 4.78 is 9.84. The van der Waals surface area contributed by atoms with E-state index in [0.29, 0.717) is 17.7 Å². The standard InChI is InChI=1S/C13H12O6/c14-11(15)7-18-9-3-1-8(2-4-9)13(17)10-5-6-12(16)19-10/h1-4,10H,5-7H2,(H,14,15). The van der Waals surface area contributed by atoms with Gasteiger partial charge in [-0.1, -0.05) is 0 Å². The summed E-state index contributed by atoms with van der Waals surface area (Å²) in [4.78, 5) is 33.2. The summed E-state index contributed by atoms with van der Waals surface area (Å²) in [5, 5.41) is 8.46. The number of hydrogen-bond acceptors (Lipinski definition) is 5. The van der Waals surface area contributed by atoms with Gasteiger partial charge in [0.05, 0.1) is 0 Å². The summed E-state index contributed by atoms with van der Waals surface area (Å²) >= 11 is 0. The van der Waals surface area contributed by atoms with E-state index in [0.717, 1.165) is 0 Å². The minimum Gasteiger partial charge on any atom is -0.482 e. The Morgan fingerprint density at radius 1 is 1.32 bits per heavy atom. The van der Waals surface area contributed by atoms with Gasteiger partial charge in [0.25, 0.3) is 0 Å². The van der Waals surface area contributed by atoms with Crippen molar-refractivity contribution in [1.82, 2.24) is 0 Å². The predicted molar refractivity (Wildman–Crippen MR) is 63.0 cm³/mol. The third kappa shape index (κ3) is 3.31. The Bertz CT molecular complexity index is 504. The molecule has 0 saturated carbocycles. The topological polar surface area (TPSA) is 89.9 Å². The van der Waals surface area contributed by atoms with Crippen LogP contribution in [0, 0.1) is 0 Å². The molecule has 1 aliphatic heterocycles. The van der Waals surface area contributed by atoms with Crippen molar-refractivity contribution in [3.05, 3.63) is 29.8 Å². The fourth-order valence-electron chi connectivity index (χ4n) is 1.76. The average molecular weight is 264 g/mol. The van der Waals surface area contributed by atoms with Crippen LogP contribution >= 0.6 is 0 Å². The summed E-state index contributed by atoms with van der Waals surface area (Å²) in [7, 11) is 0. The maximum atomic E-state index is 12.0. The Kier molecular flexibility index (Phi) is 3.79. The molecule has 0 amide bonds. The maximum absolute atomic E-state index is 12.0. The largest absolute Gasteiger partial charge is 0.482 e. The van der Waals surface area contributed by atoms with Gasteiger partial charge in [-0.15, -0.1) is 0 Å². The SMILES string of the molecule is O=C(O)COc1ccc(C(=O)C2CCC(=O)O2)cc1. The molecule has 0 bridgehead atoms. The van der Waals surface area contributed by atoms with Crippen molar-refractivity contribution >= 4 is 17.7 Å². The monoisotopic (exact) mass is 264 g/mol. The molecule has 1 unspecified atom stereocenters. The lowest BCUT2D eigenvalue weighted by molar-refractivity contribution is -0.140. The molecule has 6 heteroatoms. The van der Waals surface area contributed by atoms with E-state index in [4.69, 9.17) is 14.6 Å². The third-order valence-electron chi connectivity index (χ3n) is 2.68. The lowest BCUT2D eigenvalue weighted by Crippen LogP contribution is -2.20. The van der Waals surface area contributed by atoms with Gasteiger partial charge in [0.15, 0.2) is 12.7 Å². The molecule has 1 saturated heterocycles. The van der Waals surface area contributed by atoms with Crippen molar-refractivity contribution in [2.75, 3.05) is 6.61 Å². The van der Waals surface area contributed by atoms with E-state index < -0.39 is 18.7 Å². The summed E-state index contributed by atoms with van der Waals surface area (Å²) in [6, 6.07) is 6.05. The van der Waals surface area contributed by atoms with E-state index in [2.05, 4.69) is 0 Å². The number of ketones is 1. The smallest absolute Gasteiger partial charge is 0.341 e. The van der Waals surface area contributed by atoms with Gasteiger partial charge in [-0.2, -0.15) is 0 Å². The molecule has 0 radical (unpaired) electrons. The van der Waals surface area contributed by atoms with Crippen molar-refractivity contribution in [2.24, 2.45) is 0 Å². The Hall–Kier alpha value is -2.37. The number of ether oxygens (including phenoxy) is 2. The third-order valence-corrected chi connectivity index (χ3v) is 2.68. The summed E-state index contributed by atoms with van der Waals surface area (Å²) in [5.74, 6) is -1.32. The van der Waals surface area contributed by atoms with Crippen LogP contribution in [-0.2, 0) is 14.3 Å². The fourth-order valence-corrected chi connectivity index (χ4v) is 1.76. The molecule has 1 aliphatic rings. The normalized spacial score (nSPS) is 17.9. The highest BCUT2D eigenvalue weighted by molar-refractivity contribution is 6.01. The van der Waals surface area contributed by atoms with Gasteiger partial charge in [0, 0.05) is 18.4 Å². The number of carboxylic acid groups (broad SMARTS) is 1. The van der Waals surface area contributed by atoms with Gasteiger partial charge in [-0.25, -0.2) is 4.79 Å². The molecule has 0 aliphatic carbocycles. The summed E-state index contributed by atoms with van der Waals surface area (Å²) in [5.41, 5.74) is 0.405. The van der Waals surface area contributed by atoms with Crippen LogP contribution in [0.4, 0.5) is 0 Å². The Balaban J connectivity index is 1.99. The Morgan fingerprint density at radius 2 is 2.00 bits per heavy atom. The fraction of sp³-hybridized carbons (Fsp3) is 0.308. The molecule has 6 nitrogen and oxygen atoms in total. The predicted octanol–water partition coefficient (Wildman–Crippen LogP) is 1.04. The molecule has 1 aromatic rings. The zero-order valence-electron chi connectivity index (χ0n) is 10.00. The molecule has 100 valence electrons. The van der Waals surface area contributed by atoms with Crippen molar-refractivity contribution in [3.63, 3.8) is 0 Å². The second-order valence-electron chi connectivity index (χ2n) is 4.09. The molecule has 1 aromatic carbocycles. The molecular weight excluding hydrogens is 252 g/mol. The van der Waals surface area contributed by atoms with Gasteiger partial charge in [-0.05, 0) is 24.3 Å². The molecule has 19 heavy (non-hydrogen) atoms. The number of benzene rings is 1. The van der Waals surface area contributed by atoms with E-state index in [1.54, 1.807) is 0 Å². The number of cyclic esters (lactones) is 1. The second kappa shape index (κ2) is 5.51. The molecule has 2 rings (SSSR count). The highest BCUT2D eigenvalue weighted by Gasteiger charge is 2.30. The first-order valence-corrected chi connectivity index (χ1v) is 5.74. The van der Waals surface area contributed by atoms with Crippen LogP contribution in [0.3, 0.4) is 0 Å². The van der Waals surface area contributed by atoms with E-state index in [-0.39, 0.29) is 18.2 Å². The number of carbonyl (C=O) groups excluding carboxylic acids is 2.